The van der Waals surface area contributed by atoms with E-state index in [9.17, 15) is 20.1 Å². The van der Waals surface area contributed by atoms with Crippen molar-refractivity contribution >= 4 is 5.97 Å². The van der Waals surface area contributed by atoms with E-state index in [-0.39, 0.29) is 41.3 Å². The molecule has 11 atom stereocenters. The van der Waals surface area contributed by atoms with Crippen LogP contribution in [0.15, 0.2) is 0 Å². The first-order chi connectivity index (χ1) is 13.6. The number of hydrogen-bond donors (Lipinski definition) is 4. The van der Waals surface area contributed by atoms with Crippen molar-refractivity contribution in [3.8, 4) is 0 Å². The predicted octanol–water partition coefficient (Wildman–Crippen LogP) is 3.45. The van der Waals surface area contributed by atoms with Crippen LogP contribution in [0.4, 0.5) is 0 Å². The highest BCUT2D eigenvalue weighted by Gasteiger charge is 2.65. The Hall–Kier alpha value is -0.650. The van der Waals surface area contributed by atoms with Gasteiger partial charge in [-0.05, 0) is 97.7 Å². The number of aliphatic hydroxyl groups excluding tert-OH is 3. The minimum atomic E-state index is -0.748. The molecule has 0 amide bonds. The summed E-state index contributed by atoms with van der Waals surface area (Å²) < 4.78 is 0. The number of carboxylic acids is 1. The van der Waals surface area contributed by atoms with E-state index in [1.807, 2.05) is 0 Å². The SMILES string of the molecule is CC(CCC(=O)O)[C@@H]1CC[C@@H]2[C@@H]3[C@@H](C[C@@H](O)[C@]21C)[C@]1(C)CC[C@H](O)C[C@@H]1C[C@@H]3O. The predicted molar refractivity (Wildman–Crippen MR) is 110 cm³/mol. The second-order valence-electron chi connectivity index (χ2n) is 11.4. The first-order valence-electron chi connectivity index (χ1n) is 11.8. The zero-order valence-electron chi connectivity index (χ0n) is 18.3. The van der Waals surface area contributed by atoms with Crippen LogP contribution < -0.4 is 0 Å². The third kappa shape index (κ3) is 3.27. The zero-order valence-corrected chi connectivity index (χ0v) is 18.3. The summed E-state index contributed by atoms with van der Waals surface area (Å²) in [7, 11) is 0. The summed E-state index contributed by atoms with van der Waals surface area (Å²) in [6, 6.07) is 0. The summed E-state index contributed by atoms with van der Waals surface area (Å²) in [4.78, 5) is 11.1. The fourth-order valence-corrected chi connectivity index (χ4v) is 8.68. The topological polar surface area (TPSA) is 98.0 Å². The van der Waals surface area contributed by atoms with E-state index >= 15 is 0 Å². The molecule has 0 heterocycles. The Balaban J connectivity index is 1.61. The fourth-order valence-electron chi connectivity index (χ4n) is 8.68. The van der Waals surface area contributed by atoms with E-state index in [0.29, 0.717) is 30.1 Å². The summed E-state index contributed by atoms with van der Waals surface area (Å²) >= 11 is 0. The minimum Gasteiger partial charge on any atom is -0.481 e. The van der Waals surface area contributed by atoms with Gasteiger partial charge < -0.3 is 20.4 Å². The monoisotopic (exact) mass is 408 g/mol. The van der Waals surface area contributed by atoms with Gasteiger partial charge in [-0.1, -0.05) is 20.8 Å². The molecule has 0 aromatic carbocycles. The smallest absolute Gasteiger partial charge is 0.303 e. The van der Waals surface area contributed by atoms with Crippen molar-refractivity contribution in [3.63, 3.8) is 0 Å². The quantitative estimate of drug-likeness (QED) is 0.571. The van der Waals surface area contributed by atoms with Gasteiger partial charge in [0.05, 0.1) is 18.3 Å². The minimum absolute atomic E-state index is 0.0957. The Morgan fingerprint density at radius 3 is 2.45 bits per heavy atom. The van der Waals surface area contributed by atoms with Crippen LogP contribution in [0, 0.1) is 46.3 Å². The zero-order chi connectivity index (χ0) is 21.1. The van der Waals surface area contributed by atoms with Gasteiger partial charge in [0.1, 0.15) is 0 Å². The van der Waals surface area contributed by atoms with Crippen molar-refractivity contribution in [2.24, 2.45) is 46.3 Å². The van der Waals surface area contributed by atoms with Crippen LogP contribution in [0.2, 0.25) is 0 Å². The third-order valence-corrected chi connectivity index (χ3v) is 10.3. The van der Waals surface area contributed by atoms with Gasteiger partial charge in [-0.3, -0.25) is 4.79 Å². The van der Waals surface area contributed by atoms with Crippen LogP contribution in [0.3, 0.4) is 0 Å². The van der Waals surface area contributed by atoms with E-state index < -0.39 is 12.1 Å². The molecule has 4 aliphatic carbocycles. The molecular formula is C24H40O5. The number of aliphatic hydroxyl groups is 3. The first kappa shape index (κ1) is 21.6. The summed E-state index contributed by atoms with van der Waals surface area (Å²) in [5, 5.41) is 42.0. The second kappa shape index (κ2) is 7.49. The van der Waals surface area contributed by atoms with Crippen molar-refractivity contribution in [1.82, 2.24) is 0 Å². The number of carbonyl (C=O) groups is 1. The van der Waals surface area contributed by atoms with Crippen molar-refractivity contribution < 1.29 is 25.2 Å². The average molecular weight is 409 g/mol. The molecule has 0 aromatic rings. The van der Waals surface area contributed by atoms with Gasteiger partial charge in [-0.2, -0.15) is 0 Å². The Morgan fingerprint density at radius 2 is 1.76 bits per heavy atom. The molecule has 0 bridgehead atoms. The Bertz CT molecular complexity index is 637. The molecule has 5 nitrogen and oxygen atoms in total. The highest BCUT2D eigenvalue weighted by atomic mass is 16.4. The van der Waals surface area contributed by atoms with Crippen LogP contribution in [-0.2, 0) is 4.79 Å². The lowest BCUT2D eigenvalue weighted by Gasteiger charge is -2.63. The molecule has 0 spiro atoms. The molecule has 4 fully saturated rings. The number of fused-ring (bicyclic) bond motifs is 5. The first-order valence-corrected chi connectivity index (χ1v) is 11.8. The largest absolute Gasteiger partial charge is 0.481 e. The normalized spacial score (nSPS) is 52.9. The van der Waals surface area contributed by atoms with E-state index in [4.69, 9.17) is 5.11 Å². The number of aliphatic carboxylic acids is 1. The van der Waals surface area contributed by atoms with Crippen LogP contribution in [0.1, 0.15) is 78.6 Å². The van der Waals surface area contributed by atoms with Gasteiger partial charge in [-0.25, -0.2) is 0 Å². The Morgan fingerprint density at radius 1 is 1.03 bits per heavy atom. The summed E-state index contributed by atoms with van der Waals surface area (Å²) in [5.74, 6) is 0.997. The van der Waals surface area contributed by atoms with Crippen LogP contribution in [-0.4, -0.2) is 44.7 Å². The highest BCUT2D eigenvalue weighted by molar-refractivity contribution is 5.66. The van der Waals surface area contributed by atoms with E-state index in [2.05, 4.69) is 20.8 Å². The second-order valence-corrected chi connectivity index (χ2v) is 11.4. The molecule has 0 saturated heterocycles. The van der Waals surface area contributed by atoms with Crippen molar-refractivity contribution in [1.29, 1.82) is 0 Å². The molecule has 4 N–H and O–H groups in total. The lowest BCUT2D eigenvalue weighted by atomic mass is 9.43. The maximum Gasteiger partial charge on any atom is 0.303 e. The molecular weight excluding hydrogens is 368 g/mol. The molecule has 0 aliphatic heterocycles. The van der Waals surface area contributed by atoms with Crippen molar-refractivity contribution in [2.45, 2.75) is 96.9 Å². The number of carboxylic acid groups (broad SMARTS) is 1. The summed E-state index contributed by atoms with van der Waals surface area (Å²) in [6.45, 7) is 6.72. The molecule has 5 heteroatoms. The molecule has 4 saturated carbocycles. The lowest BCUT2D eigenvalue weighted by molar-refractivity contribution is -0.207. The molecule has 166 valence electrons. The van der Waals surface area contributed by atoms with E-state index in [1.54, 1.807) is 0 Å². The standard InChI is InChI=1S/C24H40O5/c1-13(4-7-21(28)29)16-5-6-17-22-18(12-20(27)24(16,17)3)23(2)9-8-15(25)10-14(23)11-19(22)26/h13-20,22,25-27H,4-12H2,1-3H3,(H,28,29)/t13?,14-,15+,16+,17-,18-,19+,20-,22-,23-,24+/m1/s1. The molecule has 4 aliphatic rings. The van der Waals surface area contributed by atoms with Gasteiger partial charge in [0.2, 0.25) is 0 Å². The Labute approximate surface area is 174 Å². The lowest BCUT2D eigenvalue weighted by Crippen LogP contribution is -2.62. The highest BCUT2D eigenvalue weighted by Crippen LogP contribution is 2.68. The summed E-state index contributed by atoms with van der Waals surface area (Å²) in [5.41, 5.74) is -0.143. The van der Waals surface area contributed by atoms with Gasteiger partial charge in [0.15, 0.2) is 0 Å². The molecule has 4 rings (SSSR count). The van der Waals surface area contributed by atoms with Crippen LogP contribution >= 0.6 is 0 Å². The van der Waals surface area contributed by atoms with Crippen molar-refractivity contribution in [3.05, 3.63) is 0 Å². The Kier molecular flexibility index (Phi) is 5.57. The third-order valence-electron chi connectivity index (χ3n) is 10.3. The molecule has 0 radical (unpaired) electrons. The summed E-state index contributed by atoms with van der Waals surface area (Å²) in [6.07, 6.45) is 6.00. The van der Waals surface area contributed by atoms with E-state index in [1.165, 1.54) is 0 Å². The molecule has 29 heavy (non-hydrogen) atoms. The van der Waals surface area contributed by atoms with E-state index in [0.717, 1.165) is 44.9 Å². The number of rotatable bonds is 4. The maximum atomic E-state index is 11.5. The van der Waals surface area contributed by atoms with Gasteiger partial charge in [-0.15, -0.1) is 0 Å². The van der Waals surface area contributed by atoms with Gasteiger partial charge in [0, 0.05) is 6.42 Å². The van der Waals surface area contributed by atoms with Crippen LogP contribution in [0.5, 0.6) is 0 Å². The maximum absolute atomic E-state index is 11.5. The van der Waals surface area contributed by atoms with Gasteiger partial charge in [0.25, 0.3) is 0 Å². The average Bonchev–Trinajstić information content (AvgIpc) is 3.01. The molecule has 0 aromatic heterocycles. The molecule has 1 unspecified atom stereocenters. The fraction of sp³-hybridized carbons (Fsp3) is 0.958. The number of hydrogen-bond acceptors (Lipinski definition) is 4. The van der Waals surface area contributed by atoms with Crippen molar-refractivity contribution in [2.75, 3.05) is 0 Å². The van der Waals surface area contributed by atoms with Crippen LogP contribution in [0.25, 0.3) is 0 Å². The van der Waals surface area contributed by atoms with Gasteiger partial charge >= 0.3 is 5.97 Å².